The average molecular weight is 318 g/mol. The number of fused-ring (bicyclic) bond motifs is 1. The molecule has 5 heteroatoms. The van der Waals surface area contributed by atoms with Crippen LogP contribution in [0.25, 0.3) is 10.1 Å². The number of hydrogen-bond acceptors (Lipinski definition) is 4. The van der Waals surface area contributed by atoms with Crippen LogP contribution in [0.5, 0.6) is 0 Å². The van der Waals surface area contributed by atoms with Crippen LogP contribution in [0, 0.1) is 6.92 Å². The van der Waals surface area contributed by atoms with E-state index in [-0.39, 0.29) is 0 Å². The van der Waals surface area contributed by atoms with Gasteiger partial charge in [0.05, 0.1) is 0 Å². The van der Waals surface area contributed by atoms with Gasteiger partial charge in [0, 0.05) is 22.4 Å². The highest BCUT2D eigenvalue weighted by Crippen LogP contribution is 2.28. The summed E-state index contributed by atoms with van der Waals surface area (Å²) in [6, 6.07) is 8.43. The Morgan fingerprint density at radius 3 is 2.90 bits per heavy atom. The van der Waals surface area contributed by atoms with E-state index in [0.717, 1.165) is 35.7 Å². The first kappa shape index (κ1) is 14.3. The van der Waals surface area contributed by atoms with Gasteiger partial charge in [0.2, 0.25) is 0 Å². The average Bonchev–Trinajstić information content (AvgIpc) is 2.92. The molecule has 0 unspecified atom stereocenters. The number of aromatic nitrogens is 2. The zero-order chi connectivity index (χ0) is 14.8. The first-order chi connectivity index (χ1) is 10.2. The largest absolute Gasteiger partial charge is 0.340 e. The predicted molar refractivity (Wildman–Crippen MR) is 90.9 cm³/mol. The molecule has 2 heterocycles. The number of aryl methyl sites for hydroxylation is 1. The molecule has 0 aliphatic carbocycles. The molecular formula is C16H16ClN3S. The molecule has 0 atom stereocenters. The molecule has 0 spiro atoms. The highest BCUT2D eigenvalue weighted by Gasteiger charge is 2.09. The molecular weight excluding hydrogens is 302 g/mol. The molecule has 2 aromatic heterocycles. The van der Waals surface area contributed by atoms with E-state index < -0.39 is 0 Å². The summed E-state index contributed by atoms with van der Waals surface area (Å²) in [5, 5.41) is 7.21. The van der Waals surface area contributed by atoms with Crippen molar-refractivity contribution in [2.24, 2.45) is 0 Å². The Kier molecular flexibility index (Phi) is 4.08. The zero-order valence-electron chi connectivity index (χ0n) is 12.0. The number of halogens is 1. The Morgan fingerprint density at radius 2 is 2.10 bits per heavy atom. The molecule has 0 bridgehead atoms. The summed E-state index contributed by atoms with van der Waals surface area (Å²) in [5.41, 5.74) is 1.89. The van der Waals surface area contributed by atoms with Crippen LogP contribution in [-0.2, 0) is 6.42 Å². The van der Waals surface area contributed by atoms with E-state index in [9.17, 15) is 0 Å². The summed E-state index contributed by atoms with van der Waals surface area (Å²) in [5.74, 6) is 1.57. The number of rotatable bonds is 4. The quantitative estimate of drug-likeness (QED) is 0.659. The van der Waals surface area contributed by atoms with Crippen molar-refractivity contribution in [2.45, 2.75) is 26.7 Å². The standard InChI is InChI=1S/C16H16ClN3S/c1-3-4-14-19-15(17)10(2)16(20-14)18-12-5-6-13-11(9-12)7-8-21-13/h5-9H,3-4H2,1-2H3,(H,18,19,20). The molecule has 3 nitrogen and oxygen atoms in total. The molecule has 1 aromatic carbocycles. The molecule has 3 aromatic rings. The van der Waals surface area contributed by atoms with Crippen molar-refractivity contribution in [3.63, 3.8) is 0 Å². The Bertz CT molecular complexity index is 782. The monoisotopic (exact) mass is 317 g/mol. The maximum Gasteiger partial charge on any atom is 0.138 e. The lowest BCUT2D eigenvalue weighted by atomic mass is 10.2. The first-order valence-electron chi connectivity index (χ1n) is 6.94. The summed E-state index contributed by atoms with van der Waals surface area (Å²) < 4.78 is 1.28. The van der Waals surface area contributed by atoms with Crippen LogP contribution < -0.4 is 5.32 Å². The fourth-order valence-corrected chi connectivity index (χ4v) is 3.13. The van der Waals surface area contributed by atoms with E-state index in [4.69, 9.17) is 11.6 Å². The van der Waals surface area contributed by atoms with Crippen molar-refractivity contribution in [1.82, 2.24) is 9.97 Å². The maximum atomic E-state index is 6.21. The van der Waals surface area contributed by atoms with Crippen molar-refractivity contribution < 1.29 is 0 Å². The van der Waals surface area contributed by atoms with Gasteiger partial charge >= 0.3 is 0 Å². The van der Waals surface area contributed by atoms with Crippen LogP contribution >= 0.6 is 22.9 Å². The van der Waals surface area contributed by atoms with Gasteiger partial charge in [0.1, 0.15) is 16.8 Å². The second-order valence-electron chi connectivity index (χ2n) is 4.95. The summed E-state index contributed by atoms with van der Waals surface area (Å²) in [6.45, 7) is 4.04. The molecule has 0 fully saturated rings. The van der Waals surface area contributed by atoms with Crippen molar-refractivity contribution in [1.29, 1.82) is 0 Å². The fourth-order valence-electron chi connectivity index (χ4n) is 2.17. The van der Waals surface area contributed by atoms with Gasteiger partial charge in [-0.15, -0.1) is 11.3 Å². The molecule has 0 radical (unpaired) electrons. The summed E-state index contributed by atoms with van der Waals surface area (Å²) in [7, 11) is 0. The lowest BCUT2D eigenvalue weighted by Gasteiger charge is -2.11. The summed E-state index contributed by atoms with van der Waals surface area (Å²) in [6.07, 6.45) is 1.83. The van der Waals surface area contributed by atoms with Gasteiger partial charge in [0.25, 0.3) is 0 Å². The predicted octanol–water partition coefficient (Wildman–Crippen LogP) is 5.35. The normalized spacial score (nSPS) is 11.0. The molecule has 0 amide bonds. The third kappa shape index (κ3) is 3.01. The minimum absolute atomic E-state index is 0.521. The third-order valence-corrected chi connectivity index (χ3v) is 4.59. The lowest BCUT2D eigenvalue weighted by Crippen LogP contribution is -2.03. The number of nitrogens with one attached hydrogen (secondary N) is 1. The number of anilines is 2. The van der Waals surface area contributed by atoms with Gasteiger partial charge in [-0.05, 0) is 48.4 Å². The van der Waals surface area contributed by atoms with Crippen molar-refractivity contribution in [2.75, 3.05) is 5.32 Å². The van der Waals surface area contributed by atoms with Gasteiger partial charge in [-0.1, -0.05) is 18.5 Å². The molecule has 0 saturated carbocycles. The van der Waals surface area contributed by atoms with Crippen molar-refractivity contribution >= 4 is 44.5 Å². The highest BCUT2D eigenvalue weighted by molar-refractivity contribution is 7.17. The second kappa shape index (κ2) is 6.00. The molecule has 0 saturated heterocycles. The molecule has 1 N–H and O–H groups in total. The summed E-state index contributed by atoms with van der Waals surface area (Å²) in [4.78, 5) is 8.90. The SMILES string of the molecule is CCCc1nc(Cl)c(C)c(Nc2ccc3sccc3c2)n1. The topological polar surface area (TPSA) is 37.8 Å². The van der Waals surface area contributed by atoms with Crippen LogP contribution in [0.4, 0.5) is 11.5 Å². The summed E-state index contributed by atoms with van der Waals surface area (Å²) >= 11 is 7.95. The highest BCUT2D eigenvalue weighted by atomic mass is 35.5. The molecule has 0 aliphatic rings. The Hall–Kier alpha value is -1.65. The maximum absolute atomic E-state index is 6.21. The number of benzene rings is 1. The molecule has 0 aliphatic heterocycles. The van der Waals surface area contributed by atoms with Crippen LogP contribution in [0.2, 0.25) is 5.15 Å². The third-order valence-electron chi connectivity index (χ3n) is 3.32. The number of nitrogens with zero attached hydrogens (tertiary/aromatic N) is 2. The van der Waals surface area contributed by atoms with Gasteiger partial charge in [0.15, 0.2) is 0 Å². The fraction of sp³-hybridized carbons (Fsp3) is 0.250. The van der Waals surface area contributed by atoms with Crippen LogP contribution in [0.1, 0.15) is 24.7 Å². The van der Waals surface area contributed by atoms with E-state index in [0.29, 0.717) is 5.15 Å². The lowest BCUT2D eigenvalue weighted by molar-refractivity contribution is 0.833. The minimum Gasteiger partial charge on any atom is -0.340 e. The number of hydrogen-bond donors (Lipinski definition) is 1. The van der Waals surface area contributed by atoms with Crippen molar-refractivity contribution in [3.8, 4) is 0 Å². The Labute approximate surface area is 133 Å². The van der Waals surface area contributed by atoms with E-state index >= 15 is 0 Å². The second-order valence-corrected chi connectivity index (χ2v) is 6.26. The Morgan fingerprint density at radius 1 is 1.24 bits per heavy atom. The van der Waals surface area contributed by atoms with E-state index in [1.165, 1.54) is 10.1 Å². The molecule has 108 valence electrons. The van der Waals surface area contributed by atoms with Crippen LogP contribution in [-0.4, -0.2) is 9.97 Å². The zero-order valence-corrected chi connectivity index (χ0v) is 13.6. The molecule has 3 rings (SSSR count). The van der Waals surface area contributed by atoms with Gasteiger partial charge in [-0.3, -0.25) is 0 Å². The van der Waals surface area contributed by atoms with Gasteiger partial charge in [-0.2, -0.15) is 0 Å². The van der Waals surface area contributed by atoms with E-state index in [1.54, 1.807) is 11.3 Å². The smallest absolute Gasteiger partial charge is 0.138 e. The minimum atomic E-state index is 0.521. The van der Waals surface area contributed by atoms with Crippen LogP contribution in [0.3, 0.4) is 0 Å². The number of thiophene rings is 1. The van der Waals surface area contributed by atoms with E-state index in [2.05, 4.69) is 51.9 Å². The van der Waals surface area contributed by atoms with Gasteiger partial charge in [-0.25, -0.2) is 9.97 Å². The Balaban J connectivity index is 1.95. The van der Waals surface area contributed by atoms with Crippen LogP contribution in [0.15, 0.2) is 29.6 Å². The van der Waals surface area contributed by atoms with E-state index in [1.807, 2.05) is 6.92 Å². The molecule has 21 heavy (non-hydrogen) atoms. The van der Waals surface area contributed by atoms with Gasteiger partial charge < -0.3 is 5.32 Å². The van der Waals surface area contributed by atoms with Crippen molar-refractivity contribution in [3.05, 3.63) is 46.2 Å². The first-order valence-corrected chi connectivity index (χ1v) is 8.20.